The van der Waals surface area contributed by atoms with Crippen LogP contribution in [0.3, 0.4) is 0 Å². The smallest absolute Gasteiger partial charge is 0.298 e. The number of nitrogens with zero attached hydrogens (tertiary/aromatic N) is 2. The summed E-state index contributed by atoms with van der Waals surface area (Å²) in [6.45, 7) is 4.78. The average Bonchev–Trinajstić information content (AvgIpc) is 3.14. The van der Waals surface area contributed by atoms with Gasteiger partial charge < -0.3 is 10.1 Å². The Morgan fingerprint density at radius 2 is 1.96 bits per heavy atom. The first kappa shape index (κ1) is 20.0. The van der Waals surface area contributed by atoms with Crippen LogP contribution in [0.2, 0.25) is 0 Å². The van der Waals surface area contributed by atoms with Crippen molar-refractivity contribution in [3.63, 3.8) is 0 Å². The van der Waals surface area contributed by atoms with E-state index >= 15 is 0 Å². The molecule has 6 heteroatoms. The van der Waals surface area contributed by atoms with Crippen LogP contribution in [0, 0.1) is 6.92 Å². The van der Waals surface area contributed by atoms with Gasteiger partial charge >= 0.3 is 0 Å². The molecule has 28 heavy (non-hydrogen) atoms. The second-order valence-electron chi connectivity index (χ2n) is 6.68. The molecule has 1 heterocycles. The van der Waals surface area contributed by atoms with Gasteiger partial charge in [-0.05, 0) is 36.6 Å². The van der Waals surface area contributed by atoms with Crippen molar-refractivity contribution in [3.05, 3.63) is 71.0 Å². The van der Waals surface area contributed by atoms with Crippen molar-refractivity contribution in [1.82, 2.24) is 14.7 Å². The van der Waals surface area contributed by atoms with Crippen LogP contribution in [0.15, 0.2) is 48.5 Å². The molecule has 146 valence electrons. The van der Waals surface area contributed by atoms with Crippen molar-refractivity contribution >= 4 is 17.4 Å². The number of carbonyl (C=O) groups is 1. The highest BCUT2D eigenvalue weighted by Crippen LogP contribution is 2.28. The van der Waals surface area contributed by atoms with Gasteiger partial charge in [-0.1, -0.05) is 56.2 Å². The van der Waals surface area contributed by atoms with Gasteiger partial charge in [0.1, 0.15) is 5.75 Å². The maximum Gasteiger partial charge on any atom is 0.298 e. The SMILES string of the molecule is CCCCCNC(=O)c1ccc(C)c(Oc2nc(Cc3ccccc3)ns2)c1. The quantitative estimate of drug-likeness (QED) is 0.509. The van der Waals surface area contributed by atoms with E-state index in [4.69, 9.17) is 4.74 Å². The Labute approximate surface area is 170 Å². The first-order valence-corrected chi connectivity index (χ1v) is 10.4. The van der Waals surface area contributed by atoms with Crippen LogP contribution in [-0.4, -0.2) is 21.8 Å². The predicted octanol–water partition coefficient (Wildman–Crippen LogP) is 5.15. The third kappa shape index (κ3) is 5.63. The molecule has 2 aromatic carbocycles. The number of carbonyl (C=O) groups excluding carboxylic acids is 1. The lowest BCUT2D eigenvalue weighted by Crippen LogP contribution is -2.24. The highest BCUT2D eigenvalue weighted by Gasteiger charge is 2.12. The second-order valence-corrected chi connectivity index (χ2v) is 7.40. The van der Waals surface area contributed by atoms with Gasteiger partial charge in [-0.3, -0.25) is 4.79 Å². The number of aromatic nitrogens is 2. The standard InChI is InChI=1S/C22H25N3O2S/c1-3-4-8-13-23-21(26)18-12-11-16(2)19(15-18)27-22-24-20(25-28-22)14-17-9-6-5-7-10-17/h5-7,9-12,15H,3-4,8,13-14H2,1-2H3,(H,23,26). The Kier molecular flexibility index (Phi) is 7.14. The molecule has 1 amide bonds. The van der Waals surface area contributed by atoms with Gasteiger partial charge in [0.05, 0.1) is 0 Å². The summed E-state index contributed by atoms with van der Waals surface area (Å²) in [5.41, 5.74) is 2.69. The molecule has 0 bridgehead atoms. The van der Waals surface area contributed by atoms with E-state index in [9.17, 15) is 4.79 Å². The number of hydrogen-bond acceptors (Lipinski definition) is 5. The second kappa shape index (κ2) is 9.99. The number of unbranched alkanes of at least 4 members (excludes halogenated alkanes) is 2. The number of nitrogens with one attached hydrogen (secondary N) is 1. The molecule has 0 radical (unpaired) electrons. The lowest BCUT2D eigenvalue weighted by Gasteiger charge is -2.09. The van der Waals surface area contributed by atoms with E-state index in [-0.39, 0.29) is 5.91 Å². The zero-order valence-electron chi connectivity index (χ0n) is 16.3. The number of hydrogen-bond donors (Lipinski definition) is 1. The van der Waals surface area contributed by atoms with Crippen molar-refractivity contribution in [2.45, 2.75) is 39.5 Å². The molecule has 0 aliphatic rings. The largest absolute Gasteiger partial charge is 0.430 e. The van der Waals surface area contributed by atoms with Crippen LogP contribution in [0.25, 0.3) is 0 Å². The molecule has 0 unspecified atom stereocenters. The molecule has 0 fully saturated rings. The van der Waals surface area contributed by atoms with Gasteiger partial charge in [0, 0.05) is 30.1 Å². The number of aryl methyl sites for hydroxylation is 1. The molecule has 0 aliphatic carbocycles. The van der Waals surface area contributed by atoms with E-state index in [1.807, 2.05) is 49.4 Å². The van der Waals surface area contributed by atoms with E-state index in [1.165, 1.54) is 11.5 Å². The van der Waals surface area contributed by atoms with Crippen LogP contribution in [-0.2, 0) is 6.42 Å². The summed E-state index contributed by atoms with van der Waals surface area (Å²) in [5.74, 6) is 1.28. The molecule has 0 saturated heterocycles. The Hall–Kier alpha value is -2.73. The Morgan fingerprint density at radius 3 is 2.75 bits per heavy atom. The van der Waals surface area contributed by atoms with Crippen LogP contribution >= 0.6 is 11.5 Å². The zero-order chi connectivity index (χ0) is 19.8. The maximum atomic E-state index is 12.3. The van der Waals surface area contributed by atoms with Gasteiger partial charge in [0.25, 0.3) is 11.1 Å². The van der Waals surface area contributed by atoms with Gasteiger partial charge in [-0.2, -0.15) is 9.36 Å². The molecular formula is C22H25N3O2S. The number of ether oxygens (including phenoxy) is 1. The number of amides is 1. The zero-order valence-corrected chi connectivity index (χ0v) is 17.1. The maximum absolute atomic E-state index is 12.3. The highest BCUT2D eigenvalue weighted by atomic mass is 32.1. The lowest BCUT2D eigenvalue weighted by molar-refractivity contribution is 0.0952. The van der Waals surface area contributed by atoms with Crippen LogP contribution in [0.1, 0.15) is 53.5 Å². The summed E-state index contributed by atoms with van der Waals surface area (Å²) in [6.07, 6.45) is 3.91. The summed E-state index contributed by atoms with van der Waals surface area (Å²) in [7, 11) is 0. The van der Waals surface area contributed by atoms with Gasteiger partial charge in [-0.25, -0.2) is 0 Å². The summed E-state index contributed by atoms with van der Waals surface area (Å²) < 4.78 is 10.3. The average molecular weight is 396 g/mol. The van der Waals surface area contributed by atoms with Crippen LogP contribution < -0.4 is 10.1 Å². The number of rotatable bonds is 9. The van der Waals surface area contributed by atoms with Crippen LogP contribution in [0.5, 0.6) is 10.9 Å². The Bertz CT molecular complexity index is 909. The molecule has 0 saturated carbocycles. The van der Waals surface area contributed by atoms with Crippen molar-refractivity contribution in [2.24, 2.45) is 0 Å². The third-order valence-corrected chi connectivity index (χ3v) is 5.00. The van der Waals surface area contributed by atoms with Crippen molar-refractivity contribution < 1.29 is 9.53 Å². The molecule has 0 aliphatic heterocycles. The Balaban J connectivity index is 1.64. The topological polar surface area (TPSA) is 64.1 Å². The van der Waals surface area contributed by atoms with E-state index in [2.05, 4.69) is 21.6 Å². The molecule has 3 aromatic rings. The van der Waals surface area contributed by atoms with Crippen LogP contribution in [0.4, 0.5) is 0 Å². The highest BCUT2D eigenvalue weighted by molar-refractivity contribution is 7.07. The van der Waals surface area contributed by atoms with Gasteiger partial charge in [0.2, 0.25) is 0 Å². The van der Waals surface area contributed by atoms with Gasteiger partial charge in [-0.15, -0.1) is 0 Å². The van der Waals surface area contributed by atoms with E-state index in [0.29, 0.717) is 29.5 Å². The predicted molar refractivity (Wildman–Crippen MR) is 112 cm³/mol. The first-order chi connectivity index (χ1) is 13.7. The lowest BCUT2D eigenvalue weighted by atomic mass is 10.1. The minimum Gasteiger partial charge on any atom is -0.430 e. The van der Waals surface area contributed by atoms with Crippen molar-refractivity contribution in [1.29, 1.82) is 0 Å². The third-order valence-electron chi connectivity index (χ3n) is 4.37. The van der Waals surface area contributed by atoms with Gasteiger partial charge in [0.15, 0.2) is 5.82 Å². The number of benzene rings is 2. The van der Waals surface area contributed by atoms with E-state index < -0.39 is 0 Å². The molecule has 5 nitrogen and oxygen atoms in total. The minimum atomic E-state index is -0.0806. The molecule has 1 N–H and O–H groups in total. The molecule has 0 atom stereocenters. The van der Waals surface area contributed by atoms with Crippen molar-refractivity contribution in [2.75, 3.05) is 6.54 Å². The molecule has 3 rings (SSSR count). The fourth-order valence-electron chi connectivity index (χ4n) is 2.75. The molecular weight excluding hydrogens is 370 g/mol. The first-order valence-electron chi connectivity index (χ1n) is 9.59. The minimum absolute atomic E-state index is 0.0806. The summed E-state index contributed by atoms with van der Waals surface area (Å²) in [5, 5.41) is 3.44. The molecule has 0 spiro atoms. The van der Waals surface area contributed by atoms with Crippen molar-refractivity contribution in [3.8, 4) is 10.9 Å². The summed E-state index contributed by atoms with van der Waals surface area (Å²) in [4.78, 5) is 16.8. The monoisotopic (exact) mass is 395 g/mol. The summed E-state index contributed by atoms with van der Waals surface area (Å²) in [6, 6.07) is 15.6. The van der Waals surface area contributed by atoms with E-state index in [0.717, 1.165) is 36.2 Å². The fraction of sp³-hybridized carbons (Fsp3) is 0.318. The molecule has 1 aromatic heterocycles. The van der Waals surface area contributed by atoms with E-state index in [1.54, 1.807) is 6.07 Å². The normalized spacial score (nSPS) is 10.6. The Morgan fingerprint density at radius 1 is 1.14 bits per heavy atom. The summed E-state index contributed by atoms with van der Waals surface area (Å²) >= 11 is 1.22. The fourth-order valence-corrected chi connectivity index (χ4v) is 3.32.